The lowest BCUT2D eigenvalue weighted by atomic mass is 10.3. The Morgan fingerprint density at radius 3 is 3.13 bits per heavy atom. The van der Waals surface area contributed by atoms with Gasteiger partial charge in [-0.1, -0.05) is 17.8 Å². The molecule has 0 saturated carbocycles. The molecule has 0 spiro atoms. The number of rotatable bonds is 8. The van der Waals surface area contributed by atoms with Gasteiger partial charge in [-0.3, -0.25) is 14.2 Å². The third kappa shape index (κ3) is 4.43. The largest absolute Gasteiger partial charge is 0.383 e. The van der Waals surface area contributed by atoms with E-state index in [2.05, 4.69) is 16.9 Å². The number of ether oxygens (including phenoxy) is 1. The van der Waals surface area contributed by atoms with Crippen LogP contribution in [0.1, 0.15) is 6.92 Å². The van der Waals surface area contributed by atoms with Gasteiger partial charge in [0.05, 0.1) is 17.9 Å². The summed E-state index contributed by atoms with van der Waals surface area (Å²) in [5.74, 6) is 0.0668. The highest BCUT2D eigenvalue weighted by atomic mass is 32.2. The molecule has 0 unspecified atom stereocenters. The molecule has 0 fully saturated rings. The number of methoxy groups -OCH3 is 1. The molecule has 0 aliphatic rings. The Labute approximate surface area is 142 Å². The summed E-state index contributed by atoms with van der Waals surface area (Å²) in [5, 5.41) is 5.19. The van der Waals surface area contributed by atoms with Crippen LogP contribution in [0.25, 0.3) is 10.2 Å². The molecule has 23 heavy (non-hydrogen) atoms. The van der Waals surface area contributed by atoms with Crippen LogP contribution in [-0.2, 0) is 16.1 Å². The van der Waals surface area contributed by atoms with E-state index in [1.807, 2.05) is 18.4 Å². The number of allylic oxidation sites excluding steroid dienone is 1. The summed E-state index contributed by atoms with van der Waals surface area (Å²) >= 11 is 2.61. The summed E-state index contributed by atoms with van der Waals surface area (Å²) in [6.45, 7) is 6.36. The Balaban J connectivity index is 2.15. The fraction of sp³-hybridized carbons (Fsp3) is 0.400. The molecule has 2 heterocycles. The minimum Gasteiger partial charge on any atom is -0.383 e. The normalized spacial score (nSPS) is 12.3. The highest BCUT2D eigenvalue weighted by Gasteiger charge is 2.14. The molecule has 2 aromatic heterocycles. The van der Waals surface area contributed by atoms with Crippen molar-refractivity contribution in [1.82, 2.24) is 14.9 Å². The van der Waals surface area contributed by atoms with Gasteiger partial charge in [0.1, 0.15) is 4.70 Å². The van der Waals surface area contributed by atoms with Crippen molar-refractivity contribution in [3.8, 4) is 0 Å². The van der Waals surface area contributed by atoms with Gasteiger partial charge in [0, 0.05) is 19.7 Å². The molecule has 0 aliphatic heterocycles. The first-order chi connectivity index (χ1) is 11.1. The summed E-state index contributed by atoms with van der Waals surface area (Å²) < 4.78 is 7.15. The number of aromatic nitrogens is 2. The average Bonchev–Trinajstić information content (AvgIpc) is 2.97. The zero-order chi connectivity index (χ0) is 16.8. The van der Waals surface area contributed by atoms with Gasteiger partial charge in [0.15, 0.2) is 5.16 Å². The van der Waals surface area contributed by atoms with Gasteiger partial charge < -0.3 is 10.1 Å². The lowest BCUT2D eigenvalue weighted by Crippen LogP contribution is -2.36. The number of carbonyl (C=O) groups excluding carboxylic acids is 1. The van der Waals surface area contributed by atoms with E-state index in [1.54, 1.807) is 17.8 Å². The van der Waals surface area contributed by atoms with E-state index in [1.165, 1.54) is 23.1 Å². The molecule has 124 valence electrons. The number of nitrogens with zero attached hydrogens (tertiary/aromatic N) is 2. The quantitative estimate of drug-likeness (QED) is 0.446. The van der Waals surface area contributed by atoms with E-state index < -0.39 is 0 Å². The third-order valence-corrected chi connectivity index (χ3v) is 4.87. The van der Waals surface area contributed by atoms with Gasteiger partial charge in [0.25, 0.3) is 5.56 Å². The number of nitrogens with one attached hydrogen (secondary N) is 1. The molecule has 2 aromatic rings. The predicted octanol–water partition coefficient (Wildman–Crippen LogP) is 1.89. The molecule has 1 amide bonds. The topological polar surface area (TPSA) is 73.2 Å². The highest BCUT2D eigenvalue weighted by Crippen LogP contribution is 2.20. The Morgan fingerprint density at radius 2 is 2.43 bits per heavy atom. The lowest BCUT2D eigenvalue weighted by Gasteiger charge is -2.13. The van der Waals surface area contributed by atoms with Crippen molar-refractivity contribution in [2.45, 2.75) is 24.7 Å². The third-order valence-electron chi connectivity index (χ3n) is 3.00. The molecule has 0 radical (unpaired) electrons. The van der Waals surface area contributed by atoms with E-state index in [4.69, 9.17) is 4.74 Å². The minimum atomic E-state index is -0.121. The van der Waals surface area contributed by atoms with E-state index in [-0.39, 0.29) is 23.3 Å². The summed E-state index contributed by atoms with van der Waals surface area (Å²) in [6.07, 6.45) is 1.65. The molecular weight excluding hydrogens is 334 g/mol. The van der Waals surface area contributed by atoms with Crippen LogP contribution in [0, 0.1) is 0 Å². The second kappa shape index (κ2) is 8.28. The molecule has 0 saturated heterocycles. The van der Waals surface area contributed by atoms with Crippen LogP contribution in [0.15, 0.2) is 34.1 Å². The van der Waals surface area contributed by atoms with Crippen LogP contribution in [-0.4, -0.2) is 41.0 Å². The van der Waals surface area contributed by atoms with E-state index in [0.29, 0.717) is 28.5 Å². The number of amides is 1. The fourth-order valence-corrected chi connectivity index (χ4v) is 3.66. The van der Waals surface area contributed by atoms with E-state index >= 15 is 0 Å². The maximum Gasteiger partial charge on any atom is 0.272 e. The molecule has 1 atom stereocenters. The van der Waals surface area contributed by atoms with Crippen LogP contribution in [0.2, 0.25) is 0 Å². The van der Waals surface area contributed by atoms with Crippen LogP contribution in [0.3, 0.4) is 0 Å². The summed E-state index contributed by atoms with van der Waals surface area (Å²) in [7, 11) is 1.59. The Kier molecular flexibility index (Phi) is 6.37. The van der Waals surface area contributed by atoms with E-state index in [0.717, 1.165) is 0 Å². The van der Waals surface area contributed by atoms with Crippen LogP contribution in [0.5, 0.6) is 0 Å². The van der Waals surface area contributed by atoms with Gasteiger partial charge in [-0.05, 0) is 18.4 Å². The second-order valence-corrected chi connectivity index (χ2v) is 6.80. The smallest absolute Gasteiger partial charge is 0.272 e. The van der Waals surface area contributed by atoms with Crippen molar-refractivity contribution in [3.05, 3.63) is 34.5 Å². The van der Waals surface area contributed by atoms with Crippen molar-refractivity contribution in [2.24, 2.45) is 0 Å². The molecule has 8 heteroatoms. The zero-order valence-electron chi connectivity index (χ0n) is 13.1. The van der Waals surface area contributed by atoms with Crippen molar-refractivity contribution in [1.29, 1.82) is 0 Å². The Hall–Kier alpha value is -1.64. The van der Waals surface area contributed by atoms with Crippen LogP contribution >= 0.6 is 23.1 Å². The minimum absolute atomic E-state index is 0.0595. The molecule has 0 aromatic carbocycles. The number of thiophene rings is 1. The fourth-order valence-electron chi connectivity index (χ4n) is 2.06. The van der Waals surface area contributed by atoms with Crippen molar-refractivity contribution in [3.63, 3.8) is 0 Å². The van der Waals surface area contributed by atoms with Gasteiger partial charge in [-0.15, -0.1) is 17.9 Å². The van der Waals surface area contributed by atoms with Crippen molar-refractivity contribution < 1.29 is 9.53 Å². The number of hydrogen-bond acceptors (Lipinski definition) is 6. The molecular formula is C15H19N3O3S2. The first-order valence-electron chi connectivity index (χ1n) is 7.06. The Morgan fingerprint density at radius 1 is 1.65 bits per heavy atom. The second-order valence-electron chi connectivity index (χ2n) is 4.95. The Bertz CT molecular complexity index is 754. The molecule has 1 N–H and O–H groups in total. The average molecular weight is 353 g/mol. The first kappa shape index (κ1) is 17.7. The summed E-state index contributed by atoms with van der Waals surface area (Å²) in [6, 6.07) is 1.75. The molecule has 0 aliphatic carbocycles. The predicted molar refractivity (Wildman–Crippen MR) is 94.3 cm³/mol. The lowest BCUT2D eigenvalue weighted by molar-refractivity contribution is -0.119. The molecule has 2 rings (SSSR count). The van der Waals surface area contributed by atoms with Crippen LogP contribution < -0.4 is 10.9 Å². The maximum atomic E-state index is 12.5. The monoisotopic (exact) mass is 353 g/mol. The summed E-state index contributed by atoms with van der Waals surface area (Å²) in [4.78, 5) is 28.9. The number of thioether (sulfide) groups is 1. The number of hydrogen-bond donors (Lipinski definition) is 1. The molecule has 6 nitrogen and oxygen atoms in total. The van der Waals surface area contributed by atoms with Gasteiger partial charge in [0.2, 0.25) is 5.91 Å². The van der Waals surface area contributed by atoms with E-state index in [9.17, 15) is 9.59 Å². The summed E-state index contributed by atoms with van der Waals surface area (Å²) in [5.41, 5.74) is 0.566. The maximum absolute atomic E-state index is 12.5. The zero-order valence-corrected chi connectivity index (χ0v) is 14.7. The van der Waals surface area contributed by atoms with Gasteiger partial charge in [-0.2, -0.15) is 0 Å². The van der Waals surface area contributed by atoms with Gasteiger partial charge >= 0.3 is 0 Å². The van der Waals surface area contributed by atoms with Gasteiger partial charge in [-0.25, -0.2) is 4.98 Å². The first-order valence-corrected chi connectivity index (χ1v) is 8.93. The number of carbonyl (C=O) groups is 1. The highest BCUT2D eigenvalue weighted by molar-refractivity contribution is 7.99. The number of fused-ring (bicyclic) bond motifs is 1. The van der Waals surface area contributed by atoms with Crippen LogP contribution in [0.4, 0.5) is 0 Å². The standard InChI is InChI=1S/C15H19N3O3S2/c1-4-6-18-14(20)13-11(5-7-22-13)17-15(18)23-9-12(19)16-10(2)8-21-3/h4-5,7,10H,1,6,8-9H2,2-3H3,(H,16,19)/t10-/m0/s1. The SMILES string of the molecule is C=CCn1c(SCC(=O)N[C@@H](C)COC)nc2ccsc2c1=O. The van der Waals surface area contributed by atoms with Crippen molar-refractivity contribution >= 4 is 39.2 Å². The van der Waals surface area contributed by atoms with Crippen molar-refractivity contribution in [2.75, 3.05) is 19.5 Å². The molecule has 0 bridgehead atoms.